The normalized spacial score (nSPS) is 15.4. The van der Waals surface area contributed by atoms with Crippen LogP contribution in [0.1, 0.15) is 31.2 Å². The summed E-state index contributed by atoms with van der Waals surface area (Å²) in [5, 5.41) is 3.33. The van der Waals surface area contributed by atoms with E-state index in [1.165, 1.54) is 25.7 Å². The summed E-state index contributed by atoms with van der Waals surface area (Å²) in [6.07, 6.45) is 6.57. The quantitative estimate of drug-likeness (QED) is 0.907. The van der Waals surface area contributed by atoms with Crippen molar-refractivity contribution in [3.05, 3.63) is 36.2 Å². The predicted molar refractivity (Wildman–Crippen MR) is 91.6 cm³/mol. The fourth-order valence-electron chi connectivity index (χ4n) is 2.86. The Morgan fingerprint density at radius 2 is 1.77 bits per heavy atom. The molecule has 1 aromatic heterocycles. The van der Waals surface area contributed by atoms with Crippen molar-refractivity contribution < 1.29 is 0 Å². The van der Waals surface area contributed by atoms with E-state index in [4.69, 9.17) is 5.73 Å². The third kappa shape index (κ3) is 3.13. The van der Waals surface area contributed by atoms with Crippen LogP contribution in [0.4, 0.5) is 23.0 Å². The zero-order valence-corrected chi connectivity index (χ0v) is 13.0. The Kier molecular flexibility index (Phi) is 4.42. The Labute approximate surface area is 131 Å². The number of aryl methyl sites for hydroxylation is 1. The molecule has 1 aliphatic rings. The van der Waals surface area contributed by atoms with Gasteiger partial charge in [-0.15, -0.1) is 0 Å². The van der Waals surface area contributed by atoms with Gasteiger partial charge in [0.25, 0.3) is 0 Å². The van der Waals surface area contributed by atoms with E-state index in [1.807, 2.05) is 18.2 Å². The molecule has 1 fully saturated rings. The largest absolute Gasteiger partial charge is 0.393 e. The van der Waals surface area contributed by atoms with Gasteiger partial charge in [-0.2, -0.15) is 0 Å². The first-order chi connectivity index (χ1) is 10.8. The third-order valence-electron chi connectivity index (χ3n) is 4.17. The average molecular weight is 297 g/mol. The third-order valence-corrected chi connectivity index (χ3v) is 4.17. The summed E-state index contributed by atoms with van der Waals surface area (Å²) in [5.41, 5.74) is 9.15. The van der Waals surface area contributed by atoms with Gasteiger partial charge in [-0.25, -0.2) is 9.97 Å². The number of anilines is 4. The van der Waals surface area contributed by atoms with Crippen molar-refractivity contribution in [3.8, 4) is 0 Å². The maximum Gasteiger partial charge on any atom is 0.159 e. The number of rotatable bonds is 3. The maximum absolute atomic E-state index is 6.33. The van der Waals surface area contributed by atoms with Gasteiger partial charge in [0.2, 0.25) is 0 Å². The second kappa shape index (κ2) is 6.64. The SMILES string of the molecule is Cc1ccccc1Nc1ncnc(N2CCCCCC2)c1N. The number of nitrogen functional groups attached to an aromatic ring is 1. The molecule has 0 aliphatic carbocycles. The predicted octanol–water partition coefficient (Wildman–Crippen LogP) is 3.49. The molecular weight excluding hydrogens is 274 g/mol. The highest BCUT2D eigenvalue weighted by Crippen LogP contribution is 2.30. The van der Waals surface area contributed by atoms with Gasteiger partial charge in [0.05, 0.1) is 0 Å². The van der Waals surface area contributed by atoms with Crippen LogP contribution in [0.5, 0.6) is 0 Å². The Morgan fingerprint density at radius 3 is 2.50 bits per heavy atom. The summed E-state index contributed by atoms with van der Waals surface area (Å²) in [7, 11) is 0. The maximum atomic E-state index is 6.33. The number of nitrogens with one attached hydrogen (secondary N) is 1. The summed E-state index contributed by atoms with van der Waals surface area (Å²) in [5.74, 6) is 1.54. The second-order valence-corrected chi connectivity index (χ2v) is 5.80. The molecule has 3 rings (SSSR count). The summed E-state index contributed by atoms with van der Waals surface area (Å²) < 4.78 is 0. The fraction of sp³-hybridized carbons (Fsp3) is 0.412. The number of para-hydroxylation sites is 1. The summed E-state index contributed by atoms with van der Waals surface area (Å²) in [6.45, 7) is 4.10. The second-order valence-electron chi connectivity index (χ2n) is 5.80. The van der Waals surface area contributed by atoms with Gasteiger partial charge in [-0.3, -0.25) is 0 Å². The molecule has 1 saturated heterocycles. The molecular formula is C17H23N5. The molecule has 0 spiro atoms. The number of nitrogens with two attached hydrogens (primary N) is 1. The minimum Gasteiger partial charge on any atom is -0.393 e. The summed E-state index contributed by atoms with van der Waals surface area (Å²) in [4.78, 5) is 11.0. The Morgan fingerprint density at radius 1 is 1.05 bits per heavy atom. The molecule has 2 heterocycles. The lowest BCUT2D eigenvalue weighted by Crippen LogP contribution is -2.26. The molecule has 22 heavy (non-hydrogen) atoms. The van der Waals surface area contributed by atoms with Crippen molar-refractivity contribution in [1.82, 2.24) is 9.97 Å². The van der Waals surface area contributed by atoms with Gasteiger partial charge in [-0.1, -0.05) is 31.0 Å². The molecule has 0 saturated carbocycles. The van der Waals surface area contributed by atoms with Crippen LogP contribution in [0.15, 0.2) is 30.6 Å². The zero-order chi connectivity index (χ0) is 15.4. The summed E-state index contributed by atoms with van der Waals surface area (Å²) >= 11 is 0. The molecule has 3 N–H and O–H groups in total. The smallest absolute Gasteiger partial charge is 0.159 e. The minimum absolute atomic E-state index is 0.632. The van der Waals surface area contributed by atoms with Gasteiger partial charge in [0, 0.05) is 18.8 Å². The number of nitrogens with zero attached hydrogens (tertiary/aromatic N) is 3. The molecule has 2 aromatic rings. The highest BCUT2D eigenvalue weighted by Gasteiger charge is 2.17. The lowest BCUT2D eigenvalue weighted by Gasteiger charge is -2.23. The molecule has 0 unspecified atom stereocenters. The van der Waals surface area contributed by atoms with Crippen molar-refractivity contribution in [2.45, 2.75) is 32.6 Å². The lowest BCUT2D eigenvalue weighted by molar-refractivity contribution is 0.726. The van der Waals surface area contributed by atoms with Gasteiger partial charge in [0.1, 0.15) is 12.0 Å². The van der Waals surface area contributed by atoms with E-state index in [0.717, 1.165) is 30.2 Å². The van der Waals surface area contributed by atoms with Crippen molar-refractivity contribution in [1.29, 1.82) is 0 Å². The van der Waals surface area contributed by atoms with E-state index in [-0.39, 0.29) is 0 Å². The van der Waals surface area contributed by atoms with Crippen LogP contribution >= 0.6 is 0 Å². The molecule has 0 atom stereocenters. The highest BCUT2D eigenvalue weighted by atomic mass is 15.2. The van der Waals surface area contributed by atoms with E-state index >= 15 is 0 Å². The summed E-state index contributed by atoms with van der Waals surface area (Å²) in [6, 6.07) is 8.12. The lowest BCUT2D eigenvalue weighted by atomic mass is 10.2. The first-order valence-corrected chi connectivity index (χ1v) is 7.94. The van der Waals surface area contributed by atoms with Gasteiger partial charge >= 0.3 is 0 Å². The number of hydrogen-bond donors (Lipinski definition) is 2. The standard InChI is InChI=1S/C17H23N5/c1-13-8-4-5-9-14(13)21-16-15(18)17(20-12-19-16)22-10-6-2-3-7-11-22/h4-5,8-9,12H,2-3,6-7,10-11,18H2,1H3,(H,19,20,21). The van der Waals surface area contributed by atoms with Crippen LogP contribution in [-0.2, 0) is 0 Å². The molecule has 1 aliphatic heterocycles. The molecule has 0 amide bonds. The molecule has 5 heteroatoms. The van der Waals surface area contributed by atoms with Crippen LogP contribution in [0.3, 0.4) is 0 Å². The van der Waals surface area contributed by atoms with Crippen LogP contribution in [0, 0.1) is 6.92 Å². The molecule has 0 radical (unpaired) electrons. The molecule has 1 aromatic carbocycles. The molecule has 5 nitrogen and oxygen atoms in total. The van der Waals surface area contributed by atoms with Gasteiger partial charge in [-0.05, 0) is 31.4 Å². The molecule has 116 valence electrons. The van der Waals surface area contributed by atoms with E-state index in [9.17, 15) is 0 Å². The number of benzene rings is 1. The number of hydrogen-bond acceptors (Lipinski definition) is 5. The van der Waals surface area contributed by atoms with Crippen molar-refractivity contribution in [3.63, 3.8) is 0 Å². The van der Waals surface area contributed by atoms with Crippen molar-refractivity contribution in [2.24, 2.45) is 0 Å². The Hall–Kier alpha value is -2.30. The Balaban J connectivity index is 1.87. The average Bonchev–Trinajstić information content (AvgIpc) is 2.80. The van der Waals surface area contributed by atoms with E-state index in [2.05, 4.69) is 33.2 Å². The van der Waals surface area contributed by atoms with Gasteiger partial charge < -0.3 is 16.0 Å². The van der Waals surface area contributed by atoms with Crippen LogP contribution < -0.4 is 16.0 Å². The van der Waals surface area contributed by atoms with Crippen LogP contribution in [-0.4, -0.2) is 23.1 Å². The topological polar surface area (TPSA) is 67.1 Å². The van der Waals surface area contributed by atoms with Crippen LogP contribution in [0.2, 0.25) is 0 Å². The van der Waals surface area contributed by atoms with Crippen LogP contribution in [0.25, 0.3) is 0 Å². The highest BCUT2D eigenvalue weighted by molar-refractivity contribution is 5.78. The fourth-order valence-corrected chi connectivity index (χ4v) is 2.86. The first kappa shape index (κ1) is 14.6. The minimum atomic E-state index is 0.632. The first-order valence-electron chi connectivity index (χ1n) is 7.94. The monoisotopic (exact) mass is 297 g/mol. The van der Waals surface area contributed by atoms with E-state index in [1.54, 1.807) is 6.33 Å². The zero-order valence-electron chi connectivity index (χ0n) is 13.0. The van der Waals surface area contributed by atoms with E-state index in [0.29, 0.717) is 11.5 Å². The van der Waals surface area contributed by atoms with Crippen molar-refractivity contribution in [2.75, 3.05) is 29.0 Å². The number of aromatic nitrogens is 2. The van der Waals surface area contributed by atoms with Crippen molar-refractivity contribution >= 4 is 23.0 Å². The van der Waals surface area contributed by atoms with Gasteiger partial charge in [0.15, 0.2) is 11.6 Å². The Bertz CT molecular complexity index is 633. The van der Waals surface area contributed by atoms with E-state index < -0.39 is 0 Å². The molecule has 0 bridgehead atoms.